The number of carbonyl (C=O) groups excluding carboxylic acids is 2. The maximum Gasteiger partial charge on any atom is 0.262 e. The molecule has 1 N–H and O–H groups in total. The fourth-order valence-corrected chi connectivity index (χ4v) is 3.04. The molecule has 0 saturated heterocycles. The number of ether oxygens (including phenoxy) is 2. The minimum Gasteiger partial charge on any atom is -0.493 e. The van der Waals surface area contributed by atoms with E-state index in [1.807, 2.05) is 32.0 Å². The molecule has 0 aliphatic carbocycles. The molecule has 0 aliphatic rings. The average Bonchev–Trinajstić information content (AvgIpc) is 2.61. The predicted octanol–water partition coefficient (Wildman–Crippen LogP) is 4.16. The van der Waals surface area contributed by atoms with Gasteiger partial charge < -0.3 is 14.8 Å². The number of amides is 1. The molecule has 25 heavy (non-hydrogen) atoms. The van der Waals surface area contributed by atoms with Crippen molar-refractivity contribution in [2.24, 2.45) is 0 Å². The van der Waals surface area contributed by atoms with Crippen LogP contribution in [0.15, 0.2) is 34.8 Å². The molecule has 0 aromatic heterocycles. The molecule has 132 valence electrons. The number of para-hydroxylation sites is 1. The number of carbonyl (C=O) groups is 2. The quantitative estimate of drug-likeness (QED) is 0.702. The highest BCUT2D eigenvalue weighted by atomic mass is 79.9. The number of methoxy groups -OCH3 is 1. The summed E-state index contributed by atoms with van der Waals surface area (Å²) in [6.45, 7) is 3.82. The highest BCUT2D eigenvalue weighted by Crippen LogP contribution is 2.36. The van der Waals surface area contributed by atoms with Crippen LogP contribution in [0.2, 0.25) is 0 Å². The van der Waals surface area contributed by atoms with Crippen molar-refractivity contribution in [3.63, 3.8) is 0 Å². The van der Waals surface area contributed by atoms with Gasteiger partial charge in [-0.3, -0.25) is 9.59 Å². The molecule has 0 bridgehead atoms. The van der Waals surface area contributed by atoms with Gasteiger partial charge in [-0.15, -0.1) is 0 Å². The summed E-state index contributed by atoms with van der Waals surface area (Å²) >= 11 is 3.34. The van der Waals surface area contributed by atoms with Gasteiger partial charge in [0.1, 0.15) is 6.29 Å². The first-order chi connectivity index (χ1) is 12.0. The maximum atomic E-state index is 12.3. The Balaban J connectivity index is 2.12. The lowest BCUT2D eigenvalue weighted by Gasteiger charge is -2.15. The Morgan fingerprint density at radius 2 is 2.08 bits per heavy atom. The Bertz CT molecular complexity index is 789. The van der Waals surface area contributed by atoms with Gasteiger partial charge in [0.2, 0.25) is 0 Å². The Morgan fingerprint density at radius 3 is 2.72 bits per heavy atom. The summed E-state index contributed by atoms with van der Waals surface area (Å²) in [5, 5.41) is 2.90. The van der Waals surface area contributed by atoms with Crippen molar-refractivity contribution in [2.45, 2.75) is 20.3 Å². The zero-order chi connectivity index (χ0) is 18.4. The SMILES string of the molecule is CCc1cccc(C)c1NC(=O)COc1c(Br)cc(C=O)cc1OC. The normalized spacial score (nSPS) is 10.2. The summed E-state index contributed by atoms with van der Waals surface area (Å²) in [5.74, 6) is 0.496. The molecule has 0 unspecified atom stereocenters. The number of hydrogen-bond donors (Lipinski definition) is 1. The van der Waals surface area contributed by atoms with E-state index in [9.17, 15) is 9.59 Å². The average molecular weight is 406 g/mol. The molecule has 0 aliphatic heterocycles. The molecule has 2 aromatic rings. The molecule has 0 heterocycles. The van der Waals surface area contributed by atoms with Crippen molar-refractivity contribution in [1.82, 2.24) is 0 Å². The number of hydrogen-bond acceptors (Lipinski definition) is 4. The summed E-state index contributed by atoms with van der Waals surface area (Å²) in [4.78, 5) is 23.2. The van der Waals surface area contributed by atoms with Crippen LogP contribution >= 0.6 is 15.9 Å². The van der Waals surface area contributed by atoms with Gasteiger partial charge in [0, 0.05) is 11.3 Å². The van der Waals surface area contributed by atoms with E-state index >= 15 is 0 Å². The molecule has 1 amide bonds. The number of rotatable bonds is 7. The second-order valence-corrected chi connectivity index (χ2v) is 6.31. The molecular weight excluding hydrogens is 386 g/mol. The summed E-state index contributed by atoms with van der Waals surface area (Å²) in [6.07, 6.45) is 1.54. The molecular formula is C19H20BrNO4. The third-order valence-electron chi connectivity index (χ3n) is 3.74. The van der Waals surface area contributed by atoms with Crippen LogP contribution in [0.1, 0.15) is 28.4 Å². The fourth-order valence-electron chi connectivity index (χ4n) is 2.46. The van der Waals surface area contributed by atoms with Crippen molar-refractivity contribution in [3.8, 4) is 11.5 Å². The number of aryl methyl sites for hydroxylation is 2. The van der Waals surface area contributed by atoms with Gasteiger partial charge in [-0.05, 0) is 52.5 Å². The van der Waals surface area contributed by atoms with Crippen LogP contribution in [-0.4, -0.2) is 25.9 Å². The molecule has 2 aromatic carbocycles. The van der Waals surface area contributed by atoms with E-state index in [1.165, 1.54) is 7.11 Å². The Morgan fingerprint density at radius 1 is 1.32 bits per heavy atom. The smallest absolute Gasteiger partial charge is 0.262 e. The van der Waals surface area contributed by atoms with E-state index in [2.05, 4.69) is 21.2 Å². The molecule has 2 rings (SSSR count). The topological polar surface area (TPSA) is 64.6 Å². The first-order valence-electron chi connectivity index (χ1n) is 7.84. The fraction of sp³-hybridized carbons (Fsp3) is 0.263. The third-order valence-corrected chi connectivity index (χ3v) is 4.33. The largest absolute Gasteiger partial charge is 0.493 e. The third kappa shape index (κ3) is 4.60. The van der Waals surface area contributed by atoms with Gasteiger partial charge in [0.05, 0.1) is 11.6 Å². The summed E-state index contributed by atoms with van der Waals surface area (Å²) < 4.78 is 11.4. The lowest BCUT2D eigenvalue weighted by Crippen LogP contribution is -2.21. The van der Waals surface area contributed by atoms with Crippen LogP contribution in [0, 0.1) is 6.92 Å². The molecule has 0 atom stereocenters. The number of anilines is 1. The van der Waals surface area contributed by atoms with Gasteiger partial charge in [0.25, 0.3) is 5.91 Å². The lowest BCUT2D eigenvalue weighted by molar-refractivity contribution is -0.118. The molecule has 0 spiro atoms. The van der Waals surface area contributed by atoms with Gasteiger partial charge in [-0.1, -0.05) is 25.1 Å². The number of nitrogens with one attached hydrogen (secondary N) is 1. The number of benzene rings is 2. The first kappa shape index (κ1) is 19.0. The minimum atomic E-state index is -0.266. The van der Waals surface area contributed by atoms with Crippen LogP contribution < -0.4 is 14.8 Å². The lowest BCUT2D eigenvalue weighted by atomic mass is 10.1. The molecule has 0 fully saturated rings. The molecule has 0 saturated carbocycles. The van der Waals surface area contributed by atoms with Crippen LogP contribution in [0.4, 0.5) is 5.69 Å². The zero-order valence-electron chi connectivity index (χ0n) is 14.4. The molecule has 0 radical (unpaired) electrons. The van der Waals surface area contributed by atoms with E-state index in [0.717, 1.165) is 23.2 Å². The maximum absolute atomic E-state index is 12.3. The van der Waals surface area contributed by atoms with Crippen molar-refractivity contribution in [2.75, 3.05) is 19.0 Å². The Hall–Kier alpha value is -2.34. The van der Waals surface area contributed by atoms with E-state index in [-0.39, 0.29) is 12.5 Å². The first-order valence-corrected chi connectivity index (χ1v) is 8.63. The highest BCUT2D eigenvalue weighted by molar-refractivity contribution is 9.10. The standard InChI is InChI=1S/C19H20BrNO4/c1-4-14-7-5-6-12(2)18(14)21-17(23)11-25-19-15(20)8-13(10-22)9-16(19)24-3/h5-10H,4,11H2,1-3H3,(H,21,23). The van der Waals surface area contributed by atoms with Crippen LogP contribution in [0.25, 0.3) is 0 Å². The van der Waals surface area contributed by atoms with Gasteiger partial charge in [-0.25, -0.2) is 0 Å². The minimum absolute atomic E-state index is 0.174. The van der Waals surface area contributed by atoms with E-state index < -0.39 is 0 Å². The van der Waals surface area contributed by atoms with Gasteiger partial charge in [-0.2, -0.15) is 0 Å². The predicted molar refractivity (Wildman–Crippen MR) is 101 cm³/mol. The zero-order valence-corrected chi connectivity index (χ0v) is 16.0. The monoisotopic (exact) mass is 405 g/mol. The number of aldehydes is 1. The Labute approximate surface area is 155 Å². The summed E-state index contributed by atoms with van der Waals surface area (Å²) in [5.41, 5.74) is 3.35. The number of halogens is 1. The highest BCUT2D eigenvalue weighted by Gasteiger charge is 2.14. The van der Waals surface area contributed by atoms with E-state index in [4.69, 9.17) is 9.47 Å². The summed E-state index contributed by atoms with van der Waals surface area (Å²) in [7, 11) is 1.48. The summed E-state index contributed by atoms with van der Waals surface area (Å²) in [6, 6.07) is 9.08. The van der Waals surface area contributed by atoms with Crippen molar-refractivity contribution >= 4 is 33.8 Å². The van der Waals surface area contributed by atoms with Crippen molar-refractivity contribution in [3.05, 3.63) is 51.5 Å². The van der Waals surface area contributed by atoms with E-state index in [1.54, 1.807) is 12.1 Å². The molecule has 5 nitrogen and oxygen atoms in total. The Kier molecular flexibility index (Phi) is 6.58. The van der Waals surface area contributed by atoms with Crippen molar-refractivity contribution < 1.29 is 19.1 Å². The van der Waals surface area contributed by atoms with Crippen molar-refractivity contribution in [1.29, 1.82) is 0 Å². The van der Waals surface area contributed by atoms with Crippen LogP contribution in [-0.2, 0) is 11.2 Å². The molecule has 6 heteroatoms. The van der Waals surface area contributed by atoms with E-state index in [0.29, 0.717) is 27.8 Å². The van der Waals surface area contributed by atoms with Gasteiger partial charge >= 0.3 is 0 Å². The second-order valence-electron chi connectivity index (χ2n) is 5.45. The van der Waals surface area contributed by atoms with Crippen LogP contribution in [0.3, 0.4) is 0 Å². The van der Waals surface area contributed by atoms with Gasteiger partial charge in [0.15, 0.2) is 18.1 Å². The van der Waals surface area contributed by atoms with Crippen LogP contribution in [0.5, 0.6) is 11.5 Å². The second kappa shape index (κ2) is 8.67.